The van der Waals surface area contributed by atoms with Crippen molar-refractivity contribution in [3.8, 4) is 16.9 Å². The second kappa shape index (κ2) is 8.26. The van der Waals surface area contributed by atoms with Crippen molar-refractivity contribution in [2.75, 3.05) is 5.32 Å². The highest BCUT2D eigenvalue weighted by Gasteiger charge is 2.21. The maximum atomic E-state index is 14.7. The molecule has 8 nitrogen and oxygen atoms in total. The molecular weight excluding hydrogens is 435 g/mol. The van der Waals surface area contributed by atoms with Crippen LogP contribution >= 0.6 is 0 Å². The molecule has 4 heterocycles. The summed E-state index contributed by atoms with van der Waals surface area (Å²) in [5.41, 5.74) is 3.02. The largest absolute Gasteiger partial charge is 0.466 e. The number of furan rings is 1. The summed E-state index contributed by atoms with van der Waals surface area (Å²) in [6.07, 6.45) is 4.86. The average Bonchev–Trinajstić information content (AvgIpc) is 3.53. The molecule has 0 unspecified atom stereocenters. The highest BCUT2D eigenvalue weighted by molar-refractivity contribution is 6.12. The minimum Gasteiger partial charge on any atom is -0.466 e. The zero-order valence-corrected chi connectivity index (χ0v) is 19.2. The highest BCUT2D eigenvalue weighted by Crippen LogP contribution is 2.30. The Morgan fingerprint density at radius 3 is 2.62 bits per heavy atom. The van der Waals surface area contributed by atoms with Crippen LogP contribution in [0.5, 0.6) is 0 Å². The predicted octanol–water partition coefficient (Wildman–Crippen LogP) is 5.47. The number of hydrogen-bond donors (Lipinski definition) is 1. The average molecular weight is 458 g/mol. The Morgan fingerprint density at radius 1 is 1.15 bits per heavy atom. The minimum absolute atomic E-state index is 0.0484. The topological polar surface area (TPSA) is 90.8 Å². The highest BCUT2D eigenvalue weighted by atomic mass is 19.1. The van der Waals surface area contributed by atoms with E-state index in [9.17, 15) is 9.18 Å². The van der Waals surface area contributed by atoms with Crippen LogP contribution in [0.2, 0.25) is 0 Å². The van der Waals surface area contributed by atoms with Crippen molar-refractivity contribution in [3.63, 3.8) is 0 Å². The van der Waals surface area contributed by atoms with E-state index in [-0.39, 0.29) is 11.9 Å². The molecule has 0 atom stereocenters. The lowest BCUT2D eigenvalue weighted by molar-refractivity contribution is 0.102. The summed E-state index contributed by atoms with van der Waals surface area (Å²) in [5, 5.41) is 11.9. The Labute approximate surface area is 195 Å². The number of aryl methyl sites for hydroxylation is 2. The van der Waals surface area contributed by atoms with Gasteiger partial charge in [-0.15, -0.1) is 0 Å². The number of carbonyl (C=O) groups excluding carboxylic acids is 1. The molecule has 172 valence electrons. The third kappa shape index (κ3) is 3.75. The molecule has 34 heavy (non-hydrogen) atoms. The smallest absolute Gasteiger partial charge is 0.256 e. The molecule has 5 aromatic rings. The molecule has 0 aliphatic carbocycles. The lowest BCUT2D eigenvalue weighted by atomic mass is 10.1. The normalized spacial score (nSPS) is 11.5. The number of amides is 1. The van der Waals surface area contributed by atoms with Crippen molar-refractivity contribution >= 4 is 22.6 Å². The van der Waals surface area contributed by atoms with Gasteiger partial charge >= 0.3 is 0 Å². The molecule has 0 fully saturated rings. The van der Waals surface area contributed by atoms with E-state index in [1.165, 1.54) is 10.7 Å². The van der Waals surface area contributed by atoms with Crippen LogP contribution in [0.4, 0.5) is 10.1 Å². The zero-order chi connectivity index (χ0) is 24.0. The Balaban J connectivity index is 1.56. The first-order valence-corrected chi connectivity index (χ1v) is 10.9. The summed E-state index contributed by atoms with van der Waals surface area (Å²) in [7, 11) is 0. The quantitative estimate of drug-likeness (QED) is 0.377. The number of pyridine rings is 1. The number of aromatic nitrogens is 5. The fraction of sp³-hybridized carbons (Fsp3) is 0.200. The van der Waals surface area contributed by atoms with Crippen molar-refractivity contribution in [3.05, 3.63) is 77.9 Å². The van der Waals surface area contributed by atoms with Gasteiger partial charge in [-0.05, 0) is 64.1 Å². The number of anilines is 1. The van der Waals surface area contributed by atoms with Gasteiger partial charge in [-0.25, -0.2) is 18.7 Å². The van der Waals surface area contributed by atoms with E-state index in [0.717, 1.165) is 11.3 Å². The second-order valence-corrected chi connectivity index (χ2v) is 8.37. The SMILES string of the molecule is Cc1cc(-c2cc(C(=O)Nc3ccc(-n4cccn4)c(F)c3)c3cnn(C(C)C)c3n2)c(C)o1. The van der Waals surface area contributed by atoms with E-state index in [0.29, 0.717) is 39.4 Å². The van der Waals surface area contributed by atoms with Gasteiger partial charge in [-0.3, -0.25) is 4.79 Å². The van der Waals surface area contributed by atoms with E-state index in [1.807, 2.05) is 33.8 Å². The van der Waals surface area contributed by atoms with Gasteiger partial charge in [0.05, 0.1) is 22.8 Å². The van der Waals surface area contributed by atoms with Crippen molar-refractivity contribution in [2.24, 2.45) is 0 Å². The van der Waals surface area contributed by atoms with E-state index in [4.69, 9.17) is 9.40 Å². The molecule has 1 amide bonds. The Hall–Kier alpha value is -4.27. The summed E-state index contributed by atoms with van der Waals surface area (Å²) in [4.78, 5) is 18.2. The van der Waals surface area contributed by atoms with Gasteiger partial charge in [-0.1, -0.05) is 0 Å². The first kappa shape index (κ1) is 21.6. The molecule has 9 heteroatoms. The molecule has 0 bridgehead atoms. The number of nitrogens with one attached hydrogen (secondary N) is 1. The fourth-order valence-electron chi connectivity index (χ4n) is 3.99. The van der Waals surface area contributed by atoms with Crippen molar-refractivity contribution in [2.45, 2.75) is 33.7 Å². The van der Waals surface area contributed by atoms with Gasteiger partial charge in [0.2, 0.25) is 0 Å². The van der Waals surface area contributed by atoms with E-state index in [2.05, 4.69) is 15.5 Å². The van der Waals surface area contributed by atoms with E-state index in [1.54, 1.807) is 47.5 Å². The summed E-state index contributed by atoms with van der Waals surface area (Å²) in [5.74, 6) is 0.577. The van der Waals surface area contributed by atoms with Crippen molar-refractivity contribution in [1.82, 2.24) is 24.5 Å². The molecule has 0 saturated carbocycles. The molecule has 1 N–H and O–H groups in total. The van der Waals surface area contributed by atoms with Crippen LogP contribution in [0.1, 0.15) is 41.8 Å². The van der Waals surface area contributed by atoms with Gasteiger partial charge < -0.3 is 9.73 Å². The van der Waals surface area contributed by atoms with Crippen LogP contribution in [0.25, 0.3) is 28.0 Å². The van der Waals surface area contributed by atoms with Crippen LogP contribution in [0, 0.1) is 19.7 Å². The van der Waals surface area contributed by atoms with Gasteiger partial charge in [0, 0.05) is 29.7 Å². The standard InChI is InChI=1S/C25H23FN6O2/c1-14(2)32-24-20(13-28-32)19(12-22(30-24)18-10-15(3)34-16(18)4)25(33)29-17-6-7-23(21(26)11-17)31-9-5-8-27-31/h5-14H,1-4H3,(H,29,33). The van der Waals surface area contributed by atoms with Crippen molar-refractivity contribution < 1.29 is 13.6 Å². The van der Waals surface area contributed by atoms with Crippen LogP contribution in [0.3, 0.4) is 0 Å². The van der Waals surface area contributed by atoms with Crippen LogP contribution in [-0.2, 0) is 0 Å². The lowest BCUT2D eigenvalue weighted by Gasteiger charge is -2.11. The number of benzene rings is 1. The maximum absolute atomic E-state index is 14.7. The molecule has 1 aromatic carbocycles. The maximum Gasteiger partial charge on any atom is 0.256 e. The summed E-state index contributed by atoms with van der Waals surface area (Å²) in [6.45, 7) is 7.72. The predicted molar refractivity (Wildman–Crippen MR) is 127 cm³/mol. The van der Waals surface area contributed by atoms with Gasteiger partial charge in [0.15, 0.2) is 11.5 Å². The minimum atomic E-state index is -0.501. The molecule has 0 saturated heterocycles. The molecule has 0 spiro atoms. The lowest BCUT2D eigenvalue weighted by Crippen LogP contribution is -2.14. The Morgan fingerprint density at radius 2 is 1.97 bits per heavy atom. The zero-order valence-electron chi connectivity index (χ0n) is 19.2. The number of rotatable bonds is 5. The summed E-state index contributed by atoms with van der Waals surface area (Å²) < 4.78 is 23.6. The van der Waals surface area contributed by atoms with Gasteiger partial charge in [0.1, 0.15) is 17.2 Å². The van der Waals surface area contributed by atoms with Crippen LogP contribution in [-0.4, -0.2) is 30.5 Å². The molecule has 0 aliphatic heterocycles. The third-order valence-electron chi connectivity index (χ3n) is 5.57. The second-order valence-electron chi connectivity index (χ2n) is 8.37. The molecular formula is C25H23FN6O2. The van der Waals surface area contributed by atoms with Gasteiger partial charge in [-0.2, -0.15) is 10.2 Å². The van der Waals surface area contributed by atoms with E-state index < -0.39 is 5.82 Å². The van der Waals surface area contributed by atoms with Crippen LogP contribution < -0.4 is 5.32 Å². The molecule has 4 aromatic heterocycles. The summed E-state index contributed by atoms with van der Waals surface area (Å²) in [6, 6.07) is 9.85. The van der Waals surface area contributed by atoms with E-state index >= 15 is 0 Å². The number of carbonyl (C=O) groups is 1. The molecule has 5 rings (SSSR count). The van der Waals surface area contributed by atoms with Crippen molar-refractivity contribution in [1.29, 1.82) is 0 Å². The fourth-order valence-corrected chi connectivity index (χ4v) is 3.99. The first-order valence-electron chi connectivity index (χ1n) is 10.9. The number of hydrogen-bond acceptors (Lipinski definition) is 5. The number of fused-ring (bicyclic) bond motifs is 1. The molecule has 0 aliphatic rings. The molecule has 0 radical (unpaired) electrons. The Kier molecular flexibility index (Phi) is 5.24. The number of nitrogens with zero attached hydrogens (tertiary/aromatic N) is 5. The summed E-state index contributed by atoms with van der Waals surface area (Å²) >= 11 is 0. The Bertz CT molecular complexity index is 1510. The number of halogens is 1. The monoisotopic (exact) mass is 458 g/mol. The first-order chi connectivity index (χ1) is 16.3. The van der Waals surface area contributed by atoms with Crippen LogP contribution in [0.15, 0.2) is 59.4 Å². The third-order valence-corrected chi connectivity index (χ3v) is 5.57. The van der Waals surface area contributed by atoms with Gasteiger partial charge in [0.25, 0.3) is 5.91 Å².